The fraction of sp³-hybridized carbons (Fsp3) is 0.657. The van der Waals surface area contributed by atoms with E-state index in [1.807, 2.05) is 6.92 Å². The Bertz CT molecular complexity index is 3220. The van der Waals surface area contributed by atoms with E-state index in [9.17, 15) is 56.3 Å². The predicted molar refractivity (Wildman–Crippen MR) is 362 cm³/mol. The molecule has 12 amide bonds. The number of halogens is 4. The molecule has 0 radical (unpaired) electrons. The molecule has 0 spiro atoms. The van der Waals surface area contributed by atoms with Crippen molar-refractivity contribution < 1.29 is 70.7 Å². The molecule has 2 aromatic carbocycles. The Morgan fingerprint density at radius 3 is 1.83 bits per heavy atom. The van der Waals surface area contributed by atoms with Crippen LogP contribution in [0.1, 0.15) is 142 Å². The number of para-hydroxylation sites is 1. The van der Waals surface area contributed by atoms with Crippen LogP contribution in [0.25, 0.3) is 0 Å². The number of nitrogens with one attached hydrogen (secondary N) is 2. The van der Waals surface area contributed by atoms with Gasteiger partial charge in [-0.2, -0.15) is 13.2 Å². The quantitative estimate of drug-likeness (QED) is 0.300. The van der Waals surface area contributed by atoms with Crippen LogP contribution in [0, 0.1) is 17.8 Å². The molecular formula is C70H102ClF3N12O12. The van der Waals surface area contributed by atoms with E-state index >= 15 is 14.4 Å². The van der Waals surface area contributed by atoms with Gasteiger partial charge in [-0.05, 0) is 120 Å². The normalized spacial score (nSPS) is 25.0. The summed E-state index contributed by atoms with van der Waals surface area (Å²) in [6, 6.07) is 3.25. The summed E-state index contributed by atoms with van der Waals surface area (Å²) in [6.07, 6.45) is 3.06. The molecule has 2 aromatic rings. The first-order chi connectivity index (χ1) is 46.0. The third-order valence-corrected chi connectivity index (χ3v) is 21.0. The van der Waals surface area contributed by atoms with Gasteiger partial charge in [0, 0.05) is 75.2 Å². The second-order valence-electron chi connectivity index (χ2n) is 27.8. The summed E-state index contributed by atoms with van der Waals surface area (Å²) in [6.45, 7) is 6.16. The lowest BCUT2D eigenvalue weighted by Gasteiger charge is -2.45. The smallest absolute Gasteiger partial charge is 0.343 e. The third-order valence-electron chi connectivity index (χ3n) is 20.6. The summed E-state index contributed by atoms with van der Waals surface area (Å²) in [5, 5.41) is 4.91. The maximum atomic E-state index is 15.4. The molecule has 0 bridgehead atoms. The summed E-state index contributed by atoms with van der Waals surface area (Å²) in [5.41, 5.74) is -2.43. The molecule has 6 rings (SSSR count). The molecule has 24 nitrogen and oxygen atoms in total. The number of rotatable bonds is 10. The molecule has 2 N–H and O–H groups in total. The van der Waals surface area contributed by atoms with E-state index in [1.165, 1.54) is 110 Å². The van der Waals surface area contributed by atoms with E-state index in [4.69, 9.17) is 11.6 Å². The Labute approximate surface area is 579 Å². The zero-order valence-electron chi connectivity index (χ0n) is 59.3. The Balaban J connectivity index is 1.43. The fourth-order valence-electron chi connectivity index (χ4n) is 13.2. The van der Waals surface area contributed by atoms with Gasteiger partial charge in [-0.3, -0.25) is 57.5 Å². The van der Waals surface area contributed by atoms with Crippen LogP contribution in [-0.2, 0) is 70.1 Å². The van der Waals surface area contributed by atoms with Crippen LogP contribution in [0.3, 0.4) is 0 Å². The second-order valence-corrected chi connectivity index (χ2v) is 28.2. The fourth-order valence-corrected chi connectivity index (χ4v) is 13.5. The van der Waals surface area contributed by atoms with Gasteiger partial charge in [0.2, 0.25) is 70.9 Å². The molecule has 0 unspecified atom stereocenters. The highest BCUT2D eigenvalue weighted by molar-refractivity contribution is 6.31. The second kappa shape index (κ2) is 34.8. The Kier molecular flexibility index (Phi) is 28.1. The maximum Gasteiger partial charge on any atom is 0.417 e. The molecule has 4 fully saturated rings. The lowest BCUT2D eigenvalue weighted by atomic mass is 9.78. The summed E-state index contributed by atoms with van der Waals surface area (Å²) in [5.74, 6) is -9.32. The molecule has 2 heterocycles. The van der Waals surface area contributed by atoms with Gasteiger partial charge in [-0.1, -0.05) is 94.7 Å². The van der Waals surface area contributed by atoms with Crippen molar-refractivity contribution in [3.63, 3.8) is 0 Å². The Morgan fingerprint density at radius 1 is 0.643 bits per heavy atom. The number of hydrogen-bond acceptors (Lipinski definition) is 12. The van der Waals surface area contributed by atoms with Crippen molar-refractivity contribution >= 4 is 88.2 Å². The average molecular weight is 1400 g/mol. The number of likely N-dealkylation sites (N-methyl/N-ethyl adjacent to an activating group) is 8. The summed E-state index contributed by atoms with van der Waals surface area (Å²) >= 11 is 6.16. The van der Waals surface area contributed by atoms with E-state index in [1.54, 1.807) is 30.0 Å². The first-order valence-corrected chi connectivity index (χ1v) is 34.6. The van der Waals surface area contributed by atoms with Crippen molar-refractivity contribution in [2.45, 2.75) is 185 Å². The Hall–Kier alpha value is -7.84. The minimum atomic E-state index is -4.78. The van der Waals surface area contributed by atoms with Crippen LogP contribution in [0.5, 0.6) is 0 Å². The van der Waals surface area contributed by atoms with Crippen molar-refractivity contribution in [1.29, 1.82) is 0 Å². The number of carbonyl (C=O) groups excluding carboxylic acids is 12. The first kappa shape index (κ1) is 79.1. The maximum absolute atomic E-state index is 15.4. The number of alkyl halides is 3. The summed E-state index contributed by atoms with van der Waals surface area (Å²) in [7, 11) is 11.0. The SMILES string of the molecule is CC[C@H](C)[C@@H]1NC(=O)[C@H](C)N(C)C(=O)C[C@@H](C(=O)N2CCCCC2)N(C)C(=O)[C@H](C2CCC2)N(C)C(=O)C(C)(C)N(C)C(=O)CN(c2ccccc2)C(=O)[C@H](CCc2ccc(C(F)(F)F)c(Cl)c2)NC(=O)CN(C)C(=O)[C@H](CC2CCCCC2)N(C)C(=O)CN(C)C(=O)CN(C)C1=O. The minimum Gasteiger partial charge on any atom is -0.343 e. The molecular weight excluding hydrogens is 1290 g/mol. The molecule has 4 aliphatic rings. The molecule has 542 valence electrons. The number of hydrogen-bond donors (Lipinski definition) is 2. The van der Waals surface area contributed by atoms with Crippen LogP contribution < -0.4 is 15.5 Å². The molecule has 2 saturated heterocycles. The highest BCUT2D eigenvalue weighted by Crippen LogP contribution is 2.37. The molecule has 2 aliphatic carbocycles. The van der Waals surface area contributed by atoms with Crippen molar-refractivity contribution in [2.24, 2.45) is 17.8 Å². The highest BCUT2D eigenvalue weighted by Gasteiger charge is 2.48. The Morgan fingerprint density at radius 2 is 1.24 bits per heavy atom. The average Bonchev–Trinajstić information content (AvgIpc) is 0.780. The van der Waals surface area contributed by atoms with Crippen LogP contribution in [0.2, 0.25) is 5.02 Å². The van der Waals surface area contributed by atoms with Crippen LogP contribution in [0.15, 0.2) is 48.5 Å². The minimum absolute atomic E-state index is 0.00158. The van der Waals surface area contributed by atoms with E-state index in [0.29, 0.717) is 45.2 Å². The summed E-state index contributed by atoms with van der Waals surface area (Å²) < 4.78 is 41.7. The van der Waals surface area contributed by atoms with Gasteiger partial charge in [0.1, 0.15) is 48.3 Å². The number of likely N-dealkylation sites (tertiary alicyclic amines) is 1. The van der Waals surface area contributed by atoms with Gasteiger partial charge in [0.05, 0.1) is 36.6 Å². The van der Waals surface area contributed by atoms with E-state index < -0.39 is 174 Å². The highest BCUT2D eigenvalue weighted by atomic mass is 35.5. The third kappa shape index (κ3) is 19.7. The van der Waals surface area contributed by atoms with E-state index in [-0.39, 0.29) is 36.4 Å². The van der Waals surface area contributed by atoms with E-state index in [0.717, 1.165) is 86.5 Å². The predicted octanol–water partition coefficient (Wildman–Crippen LogP) is 5.47. The number of carbonyl (C=O) groups is 12. The van der Waals surface area contributed by atoms with Crippen molar-refractivity contribution in [3.8, 4) is 0 Å². The number of benzene rings is 2. The van der Waals surface area contributed by atoms with Crippen molar-refractivity contribution in [1.82, 2.24) is 54.7 Å². The summed E-state index contributed by atoms with van der Waals surface area (Å²) in [4.78, 5) is 189. The zero-order chi connectivity index (χ0) is 72.8. The van der Waals surface area contributed by atoms with Crippen LogP contribution in [-0.4, -0.2) is 252 Å². The van der Waals surface area contributed by atoms with Gasteiger partial charge >= 0.3 is 6.18 Å². The lowest BCUT2D eigenvalue weighted by Crippen LogP contribution is -2.64. The van der Waals surface area contributed by atoms with Gasteiger partial charge in [-0.25, -0.2) is 0 Å². The van der Waals surface area contributed by atoms with Gasteiger partial charge < -0.3 is 59.6 Å². The van der Waals surface area contributed by atoms with Gasteiger partial charge in [0.15, 0.2) is 0 Å². The standard InChI is InChI=1S/C70H102ClF3N12O12/c1-14-44(2)60-66(96)79(8)41-57(89)77(6)42-58(90)81(10)53(38-46-25-18-15-19-26-46)64(94)78(7)40-55(87)75-52(34-32-47-31-33-50(51(71)37-47)70(72,73)74)63(93)86(49-29-20-16-21-30-49)43-59(91)84(13)69(4,5)68(98)83(12)61(48-27-24-28-48)67(97)82(11)54(65(95)85-35-22-17-23-36-85)39-56(88)80(9)45(3)62(92)76-60/h16,20-21,29-31,33,37,44-46,48,52-54,60-61H,14-15,17-19,22-28,32,34-36,38-43H2,1-13H3,(H,75,87)(H,76,92)/t44-,45-,52-,53-,54-,60-,61-/m0/s1. The van der Waals surface area contributed by atoms with Crippen LogP contribution in [0.4, 0.5) is 18.9 Å². The number of nitrogens with zero attached hydrogens (tertiary/aromatic N) is 10. The monoisotopic (exact) mass is 1390 g/mol. The number of anilines is 1. The van der Waals surface area contributed by atoms with Crippen molar-refractivity contribution in [3.05, 3.63) is 64.7 Å². The molecule has 2 aliphatic heterocycles. The molecule has 0 aromatic heterocycles. The van der Waals surface area contributed by atoms with Crippen LogP contribution >= 0.6 is 11.6 Å². The molecule has 28 heteroatoms. The van der Waals surface area contributed by atoms with E-state index in [2.05, 4.69) is 10.6 Å². The zero-order valence-corrected chi connectivity index (χ0v) is 60.0. The van der Waals surface area contributed by atoms with Gasteiger partial charge in [0.25, 0.3) is 0 Å². The topological polar surface area (TPSA) is 261 Å². The largest absolute Gasteiger partial charge is 0.417 e. The number of aryl methyl sites for hydroxylation is 1. The molecule has 2 saturated carbocycles. The van der Waals surface area contributed by atoms with Crippen molar-refractivity contribution in [2.75, 3.05) is 101 Å². The van der Waals surface area contributed by atoms with Gasteiger partial charge in [-0.15, -0.1) is 0 Å². The number of amides is 12. The first-order valence-electron chi connectivity index (χ1n) is 34.2. The molecule has 98 heavy (non-hydrogen) atoms. The number of piperidine rings is 1. The lowest BCUT2D eigenvalue weighted by molar-refractivity contribution is -0.160. The molecule has 7 atom stereocenters.